The summed E-state index contributed by atoms with van der Waals surface area (Å²) in [4.78, 5) is 20.7. The maximum absolute atomic E-state index is 12.7. The van der Waals surface area contributed by atoms with Crippen molar-refractivity contribution in [3.63, 3.8) is 0 Å². The Balaban J connectivity index is 1.64. The number of rotatable bonds is 5. The van der Waals surface area contributed by atoms with Crippen molar-refractivity contribution < 1.29 is 18.7 Å². The molecule has 2 N–H and O–H groups in total. The minimum absolute atomic E-state index is 0.183. The highest BCUT2D eigenvalue weighted by molar-refractivity contribution is 5.94. The molecule has 164 valence electrons. The fraction of sp³-hybridized carbons (Fsp3) is 0.0800. The number of nitrogens with zero attached hydrogens (tertiary/aromatic N) is 2. The van der Waals surface area contributed by atoms with Gasteiger partial charge in [0.05, 0.1) is 30.8 Å². The number of hydrogen-bond donors (Lipinski definition) is 2. The number of H-pyrrole nitrogens is 1. The summed E-state index contributed by atoms with van der Waals surface area (Å²) in [5.41, 5.74) is 5.95. The van der Waals surface area contributed by atoms with Crippen LogP contribution in [0.25, 0.3) is 33.4 Å². The monoisotopic (exact) mass is 440 g/mol. The van der Waals surface area contributed by atoms with E-state index in [9.17, 15) is 4.79 Å². The number of para-hydroxylation sites is 3. The Kier molecular flexibility index (Phi) is 5.24. The van der Waals surface area contributed by atoms with E-state index in [1.54, 1.807) is 44.6 Å². The van der Waals surface area contributed by atoms with Gasteiger partial charge in [-0.25, -0.2) is 10.4 Å². The number of methoxy groups -OCH3 is 2. The SMILES string of the molecule is COc1cccc(C(=O)N/N=c2\oc3c(OC)cccc3cc2-c2nc3ccccc3[nH]2)c1. The standard InChI is InChI=1S/C25H20N4O4/c1-31-17-9-5-8-16(13-17)24(30)28-29-25-18(23-26-19-10-3-4-11-20(19)27-23)14-15-7-6-12-21(32-2)22(15)33-25/h3-14H,1-2H3,(H,26,27)(H,28,30)/b29-25-. The molecule has 0 saturated heterocycles. The minimum Gasteiger partial charge on any atom is -0.497 e. The Morgan fingerprint density at radius 3 is 2.67 bits per heavy atom. The third kappa shape index (κ3) is 3.89. The predicted octanol–water partition coefficient (Wildman–Crippen LogP) is 4.24. The highest BCUT2D eigenvalue weighted by Gasteiger charge is 2.14. The van der Waals surface area contributed by atoms with Crippen LogP contribution in [0.5, 0.6) is 11.5 Å². The van der Waals surface area contributed by atoms with Gasteiger partial charge in [-0.05, 0) is 42.5 Å². The third-order valence-electron chi connectivity index (χ3n) is 5.19. The van der Waals surface area contributed by atoms with Crippen molar-refractivity contribution in [1.82, 2.24) is 15.4 Å². The molecule has 0 fully saturated rings. The summed E-state index contributed by atoms with van der Waals surface area (Å²) >= 11 is 0. The molecule has 0 radical (unpaired) electrons. The molecule has 0 unspecified atom stereocenters. The molecule has 5 aromatic rings. The number of benzene rings is 3. The van der Waals surface area contributed by atoms with Gasteiger partial charge < -0.3 is 18.9 Å². The molecule has 2 heterocycles. The first-order valence-corrected chi connectivity index (χ1v) is 10.2. The lowest BCUT2D eigenvalue weighted by atomic mass is 10.1. The molecule has 1 amide bonds. The molecular weight excluding hydrogens is 420 g/mol. The normalized spacial score (nSPS) is 11.6. The largest absolute Gasteiger partial charge is 0.497 e. The van der Waals surface area contributed by atoms with Crippen LogP contribution in [-0.2, 0) is 0 Å². The second-order valence-electron chi connectivity index (χ2n) is 7.23. The average Bonchev–Trinajstić information content (AvgIpc) is 3.30. The Morgan fingerprint density at radius 1 is 1.00 bits per heavy atom. The first-order valence-electron chi connectivity index (χ1n) is 10.2. The highest BCUT2D eigenvalue weighted by atomic mass is 16.5. The Labute approximate surface area is 188 Å². The number of ether oxygens (including phenoxy) is 2. The lowest BCUT2D eigenvalue weighted by Crippen LogP contribution is -2.22. The summed E-state index contributed by atoms with van der Waals surface area (Å²) in [6, 6.07) is 22.0. The minimum atomic E-state index is -0.403. The van der Waals surface area contributed by atoms with Gasteiger partial charge in [-0.3, -0.25) is 4.79 Å². The molecule has 3 aromatic carbocycles. The summed E-state index contributed by atoms with van der Waals surface area (Å²) in [6.07, 6.45) is 0. The van der Waals surface area contributed by atoms with E-state index in [0.29, 0.717) is 34.0 Å². The quantitative estimate of drug-likeness (QED) is 0.398. The summed E-state index contributed by atoms with van der Waals surface area (Å²) in [7, 11) is 3.11. The average molecular weight is 440 g/mol. The summed E-state index contributed by atoms with van der Waals surface area (Å²) < 4.78 is 16.7. The van der Waals surface area contributed by atoms with Gasteiger partial charge in [0.1, 0.15) is 11.6 Å². The van der Waals surface area contributed by atoms with E-state index < -0.39 is 5.91 Å². The maximum Gasteiger partial charge on any atom is 0.271 e. The number of aromatic nitrogens is 2. The van der Waals surface area contributed by atoms with Crippen LogP contribution in [0.15, 0.2) is 82.3 Å². The lowest BCUT2D eigenvalue weighted by Gasteiger charge is -2.07. The number of aromatic amines is 1. The van der Waals surface area contributed by atoms with Gasteiger partial charge in [0.15, 0.2) is 11.3 Å². The fourth-order valence-electron chi connectivity index (χ4n) is 3.55. The Hall–Kier alpha value is -4.59. The van der Waals surface area contributed by atoms with Crippen molar-refractivity contribution >= 4 is 27.9 Å². The van der Waals surface area contributed by atoms with Gasteiger partial charge in [0, 0.05) is 10.9 Å². The van der Waals surface area contributed by atoms with Crippen LogP contribution in [0.3, 0.4) is 0 Å². The van der Waals surface area contributed by atoms with Crippen LogP contribution in [0, 0.1) is 0 Å². The van der Waals surface area contributed by atoms with Gasteiger partial charge in [-0.15, -0.1) is 5.10 Å². The van der Waals surface area contributed by atoms with E-state index in [2.05, 4.69) is 20.5 Å². The molecule has 8 nitrogen and oxygen atoms in total. The van der Waals surface area contributed by atoms with Gasteiger partial charge in [0.25, 0.3) is 5.91 Å². The first-order chi connectivity index (χ1) is 16.2. The van der Waals surface area contributed by atoms with Crippen LogP contribution in [-0.4, -0.2) is 30.1 Å². The van der Waals surface area contributed by atoms with E-state index in [4.69, 9.17) is 13.9 Å². The second kappa shape index (κ2) is 8.51. The summed E-state index contributed by atoms with van der Waals surface area (Å²) in [6.45, 7) is 0. The molecule has 8 heteroatoms. The first kappa shape index (κ1) is 20.3. The zero-order valence-corrected chi connectivity index (χ0v) is 18.0. The molecular formula is C25H20N4O4. The number of fused-ring (bicyclic) bond motifs is 2. The zero-order valence-electron chi connectivity index (χ0n) is 18.0. The van der Waals surface area contributed by atoms with Crippen LogP contribution in [0.2, 0.25) is 0 Å². The molecule has 0 aliphatic rings. The van der Waals surface area contributed by atoms with Crippen molar-refractivity contribution in [2.75, 3.05) is 14.2 Å². The van der Waals surface area contributed by atoms with Crippen LogP contribution in [0.1, 0.15) is 10.4 Å². The molecule has 0 bridgehead atoms. The molecule has 0 spiro atoms. The third-order valence-corrected chi connectivity index (χ3v) is 5.19. The molecule has 0 aliphatic heterocycles. The van der Waals surface area contributed by atoms with Crippen molar-refractivity contribution in [1.29, 1.82) is 0 Å². The van der Waals surface area contributed by atoms with Crippen molar-refractivity contribution in [3.8, 4) is 22.9 Å². The molecule has 2 aromatic heterocycles. The number of imidazole rings is 1. The summed E-state index contributed by atoms with van der Waals surface area (Å²) in [5.74, 6) is 1.30. The van der Waals surface area contributed by atoms with Crippen molar-refractivity contribution in [3.05, 3.63) is 83.9 Å². The van der Waals surface area contributed by atoms with Gasteiger partial charge >= 0.3 is 0 Å². The van der Waals surface area contributed by atoms with Crippen LogP contribution < -0.4 is 20.5 Å². The van der Waals surface area contributed by atoms with E-state index in [0.717, 1.165) is 16.4 Å². The fourth-order valence-corrected chi connectivity index (χ4v) is 3.55. The number of hydrogen-bond acceptors (Lipinski definition) is 6. The van der Waals surface area contributed by atoms with E-state index in [-0.39, 0.29) is 5.55 Å². The van der Waals surface area contributed by atoms with Crippen LogP contribution >= 0.6 is 0 Å². The molecule has 0 aliphatic carbocycles. The number of carbonyl (C=O) groups excluding carboxylic acids is 1. The van der Waals surface area contributed by atoms with Gasteiger partial charge in [-0.2, -0.15) is 0 Å². The van der Waals surface area contributed by atoms with Crippen molar-refractivity contribution in [2.45, 2.75) is 0 Å². The number of amides is 1. The summed E-state index contributed by atoms with van der Waals surface area (Å²) in [5, 5.41) is 5.10. The van der Waals surface area contributed by atoms with Crippen LogP contribution in [0.4, 0.5) is 0 Å². The lowest BCUT2D eigenvalue weighted by molar-refractivity contribution is 0.0951. The van der Waals surface area contributed by atoms with Crippen molar-refractivity contribution in [2.24, 2.45) is 5.10 Å². The molecule has 0 saturated carbocycles. The second-order valence-corrected chi connectivity index (χ2v) is 7.23. The van der Waals surface area contributed by atoms with E-state index in [1.165, 1.54) is 0 Å². The maximum atomic E-state index is 12.7. The molecule has 0 atom stereocenters. The van der Waals surface area contributed by atoms with E-state index in [1.807, 2.05) is 42.5 Å². The van der Waals surface area contributed by atoms with Gasteiger partial charge in [0.2, 0.25) is 5.55 Å². The Bertz CT molecular complexity index is 1520. The smallest absolute Gasteiger partial charge is 0.271 e. The highest BCUT2D eigenvalue weighted by Crippen LogP contribution is 2.27. The van der Waals surface area contributed by atoms with Gasteiger partial charge in [-0.1, -0.05) is 30.3 Å². The predicted molar refractivity (Wildman–Crippen MR) is 124 cm³/mol. The number of carbonyl (C=O) groups is 1. The molecule has 33 heavy (non-hydrogen) atoms. The Morgan fingerprint density at radius 2 is 1.85 bits per heavy atom. The zero-order chi connectivity index (χ0) is 22.8. The van der Waals surface area contributed by atoms with E-state index >= 15 is 0 Å². The number of nitrogens with one attached hydrogen (secondary N) is 2. The topological polar surface area (TPSA) is 102 Å². The molecule has 5 rings (SSSR count).